The molecule has 0 spiro atoms. The SMILES string of the molecule is C1=CC2C=C(C=CCC3CC23)CC1. The summed E-state index contributed by atoms with van der Waals surface area (Å²) in [7, 11) is 0. The fourth-order valence-electron chi connectivity index (χ4n) is 2.70. The third kappa shape index (κ3) is 1.39. The Morgan fingerprint density at radius 2 is 2.23 bits per heavy atom. The van der Waals surface area contributed by atoms with Crippen molar-refractivity contribution in [2.24, 2.45) is 17.8 Å². The summed E-state index contributed by atoms with van der Waals surface area (Å²) in [5.74, 6) is 2.75. The largest absolute Gasteiger partial charge is 0.0876 e. The zero-order chi connectivity index (χ0) is 8.67. The van der Waals surface area contributed by atoms with Crippen molar-refractivity contribution in [1.29, 1.82) is 0 Å². The lowest BCUT2D eigenvalue weighted by Crippen LogP contribution is -1.99. The Balaban J connectivity index is 1.94. The summed E-state index contributed by atoms with van der Waals surface area (Å²) in [4.78, 5) is 0. The van der Waals surface area contributed by atoms with Gasteiger partial charge in [-0.05, 0) is 43.4 Å². The van der Waals surface area contributed by atoms with Crippen LogP contribution in [0.5, 0.6) is 0 Å². The van der Waals surface area contributed by atoms with Gasteiger partial charge in [-0.15, -0.1) is 0 Å². The standard InChI is InChI=1S/C13H16/c1-2-6-11-8-10(4-1)5-3-7-12-9-13(11)12/h2-3,5-6,8,11-13H,1,4,7,9H2. The average molecular weight is 172 g/mol. The van der Waals surface area contributed by atoms with Gasteiger partial charge in [0.1, 0.15) is 0 Å². The molecule has 3 rings (SSSR count). The Labute approximate surface area is 80.0 Å². The van der Waals surface area contributed by atoms with Crippen molar-refractivity contribution in [3.05, 3.63) is 36.0 Å². The predicted octanol–water partition coefficient (Wildman–Crippen LogP) is 3.48. The van der Waals surface area contributed by atoms with E-state index in [0.717, 1.165) is 17.8 Å². The van der Waals surface area contributed by atoms with Crippen LogP contribution in [-0.4, -0.2) is 0 Å². The van der Waals surface area contributed by atoms with Crippen LogP contribution >= 0.6 is 0 Å². The Bertz CT molecular complexity index is 293. The number of hydrogen-bond donors (Lipinski definition) is 0. The van der Waals surface area contributed by atoms with Crippen molar-refractivity contribution in [2.45, 2.75) is 25.7 Å². The summed E-state index contributed by atoms with van der Waals surface area (Å²) in [5, 5.41) is 0. The molecule has 0 heteroatoms. The maximum Gasteiger partial charge on any atom is -0.00165 e. The van der Waals surface area contributed by atoms with E-state index in [4.69, 9.17) is 0 Å². The average Bonchev–Trinajstić information content (AvgIpc) is 2.83. The van der Waals surface area contributed by atoms with E-state index >= 15 is 0 Å². The van der Waals surface area contributed by atoms with Crippen LogP contribution in [0.3, 0.4) is 0 Å². The lowest BCUT2D eigenvalue weighted by molar-refractivity contribution is 0.614. The van der Waals surface area contributed by atoms with Crippen LogP contribution in [0, 0.1) is 17.8 Å². The number of rotatable bonds is 0. The lowest BCUT2D eigenvalue weighted by atomic mass is 9.96. The Kier molecular flexibility index (Phi) is 1.68. The Morgan fingerprint density at radius 3 is 3.23 bits per heavy atom. The van der Waals surface area contributed by atoms with Gasteiger partial charge >= 0.3 is 0 Å². The predicted molar refractivity (Wildman–Crippen MR) is 55.3 cm³/mol. The normalized spacial score (nSPS) is 41.2. The molecule has 3 aliphatic carbocycles. The molecule has 3 atom stereocenters. The van der Waals surface area contributed by atoms with Crippen molar-refractivity contribution in [1.82, 2.24) is 0 Å². The summed E-state index contributed by atoms with van der Waals surface area (Å²) < 4.78 is 0. The molecule has 0 aromatic carbocycles. The summed E-state index contributed by atoms with van der Waals surface area (Å²) in [6.45, 7) is 0. The molecule has 68 valence electrons. The van der Waals surface area contributed by atoms with Crippen molar-refractivity contribution >= 4 is 0 Å². The van der Waals surface area contributed by atoms with Gasteiger partial charge in [-0.1, -0.05) is 36.0 Å². The van der Waals surface area contributed by atoms with Gasteiger partial charge in [-0.25, -0.2) is 0 Å². The van der Waals surface area contributed by atoms with Crippen molar-refractivity contribution in [3.63, 3.8) is 0 Å². The molecule has 0 heterocycles. The first-order valence-corrected chi connectivity index (χ1v) is 5.47. The van der Waals surface area contributed by atoms with E-state index < -0.39 is 0 Å². The zero-order valence-corrected chi connectivity index (χ0v) is 7.95. The van der Waals surface area contributed by atoms with Crippen molar-refractivity contribution in [3.8, 4) is 0 Å². The second-order valence-corrected chi connectivity index (χ2v) is 4.58. The smallest absolute Gasteiger partial charge is 0.00165 e. The first kappa shape index (κ1) is 7.61. The first-order chi connectivity index (χ1) is 6.43. The van der Waals surface area contributed by atoms with Crippen LogP contribution in [0.4, 0.5) is 0 Å². The molecule has 0 aromatic heterocycles. The fraction of sp³-hybridized carbons (Fsp3) is 0.538. The number of hydrogen-bond acceptors (Lipinski definition) is 0. The van der Waals surface area contributed by atoms with Crippen LogP contribution < -0.4 is 0 Å². The second-order valence-electron chi connectivity index (χ2n) is 4.58. The number of allylic oxidation sites excluding steroid dienone is 6. The van der Waals surface area contributed by atoms with E-state index in [-0.39, 0.29) is 0 Å². The van der Waals surface area contributed by atoms with E-state index in [2.05, 4.69) is 30.4 Å². The molecule has 2 bridgehead atoms. The third-order valence-corrected chi connectivity index (χ3v) is 3.61. The van der Waals surface area contributed by atoms with Gasteiger partial charge in [-0.2, -0.15) is 0 Å². The van der Waals surface area contributed by atoms with Crippen molar-refractivity contribution in [2.75, 3.05) is 0 Å². The minimum atomic E-state index is 0.771. The van der Waals surface area contributed by atoms with Crippen LogP contribution in [0.1, 0.15) is 25.7 Å². The second kappa shape index (κ2) is 2.87. The zero-order valence-electron chi connectivity index (χ0n) is 7.95. The van der Waals surface area contributed by atoms with Crippen LogP contribution in [0.15, 0.2) is 36.0 Å². The van der Waals surface area contributed by atoms with Gasteiger partial charge in [0, 0.05) is 0 Å². The maximum absolute atomic E-state index is 2.50. The summed E-state index contributed by atoms with van der Waals surface area (Å²) in [6.07, 6.45) is 17.3. The highest BCUT2D eigenvalue weighted by Crippen LogP contribution is 2.49. The Morgan fingerprint density at radius 1 is 1.23 bits per heavy atom. The van der Waals surface area contributed by atoms with E-state index in [1.54, 1.807) is 5.57 Å². The third-order valence-electron chi connectivity index (χ3n) is 3.61. The molecule has 0 nitrogen and oxygen atoms in total. The molecule has 0 aliphatic heterocycles. The minimum Gasteiger partial charge on any atom is -0.0876 e. The first-order valence-electron chi connectivity index (χ1n) is 5.47. The van der Waals surface area contributed by atoms with E-state index in [1.165, 1.54) is 25.7 Å². The quantitative estimate of drug-likeness (QED) is 0.491. The summed E-state index contributed by atoms with van der Waals surface area (Å²) in [5.41, 5.74) is 1.57. The molecule has 1 saturated carbocycles. The van der Waals surface area contributed by atoms with Gasteiger partial charge in [0.05, 0.1) is 0 Å². The molecule has 0 radical (unpaired) electrons. The Hall–Kier alpha value is -0.780. The van der Waals surface area contributed by atoms with Crippen molar-refractivity contribution < 1.29 is 0 Å². The lowest BCUT2D eigenvalue weighted by Gasteiger charge is -2.09. The molecule has 3 unspecified atom stereocenters. The summed E-state index contributed by atoms with van der Waals surface area (Å²) in [6, 6.07) is 0. The molecule has 0 N–H and O–H groups in total. The molecule has 13 heavy (non-hydrogen) atoms. The van der Waals surface area contributed by atoms with Crippen LogP contribution in [-0.2, 0) is 0 Å². The summed E-state index contributed by atoms with van der Waals surface area (Å²) >= 11 is 0. The van der Waals surface area contributed by atoms with Gasteiger partial charge in [0.25, 0.3) is 0 Å². The highest BCUT2D eigenvalue weighted by Gasteiger charge is 2.40. The fourth-order valence-corrected chi connectivity index (χ4v) is 2.70. The molecule has 0 saturated heterocycles. The molecule has 1 fully saturated rings. The van der Waals surface area contributed by atoms with Gasteiger partial charge < -0.3 is 0 Å². The highest BCUT2D eigenvalue weighted by molar-refractivity contribution is 5.28. The van der Waals surface area contributed by atoms with Gasteiger partial charge in [0.2, 0.25) is 0 Å². The molecule has 0 aromatic rings. The molecule has 0 amide bonds. The van der Waals surface area contributed by atoms with E-state index in [1.807, 2.05) is 0 Å². The topological polar surface area (TPSA) is 0 Å². The van der Waals surface area contributed by atoms with Crippen LogP contribution in [0.25, 0.3) is 0 Å². The molecular formula is C13H16. The maximum atomic E-state index is 2.50. The molecule has 3 aliphatic rings. The number of fused-ring (bicyclic) bond motifs is 3. The monoisotopic (exact) mass is 172 g/mol. The van der Waals surface area contributed by atoms with Gasteiger partial charge in [-0.3, -0.25) is 0 Å². The molecular weight excluding hydrogens is 156 g/mol. The highest BCUT2D eigenvalue weighted by atomic mass is 14.4. The van der Waals surface area contributed by atoms with Gasteiger partial charge in [0.15, 0.2) is 0 Å². The van der Waals surface area contributed by atoms with E-state index in [9.17, 15) is 0 Å². The van der Waals surface area contributed by atoms with E-state index in [0.29, 0.717) is 0 Å². The minimum absolute atomic E-state index is 0.771. The van der Waals surface area contributed by atoms with Crippen LogP contribution in [0.2, 0.25) is 0 Å².